The Morgan fingerprint density at radius 1 is 1.30 bits per heavy atom. The Hall–Kier alpha value is -2.35. The number of anilines is 1. The number of aryl methyl sites for hydroxylation is 2. The minimum Gasteiger partial charge on any atom is -0.475 e. The van der Waals surface area contributed by atoms with Gasteiger partial charge in [-0.25, -0.2) is 9.78 Å². The molecule has 0 unspecified atom stereocenters. The van der Waals surface area contributed by atoms with Crippen LogP contribution in [0.15, 0.2) is 33.8 Å². The van der Waals surface area contributed by atoms with Gasteiger partial charge in [0.1, 0.15) is 5.82 Å². The SMILES string of the molecule is Cc1cc(C)nc(NS(=O)(=O)c2ccc(C(=O)O)o2)c1. The van der Waals surface area contributed by atoms with Gasteiger partial charge in [-0.2, -0.15) is 8.42 Å². The molecular formula is C12H12N2O5S. The maximum absolute atomic E-state index is 12.0. The smallest absolute Gasteiger partial charge is 0.371 e. The third kappa shape index (κ3) is 2.97. The van der Waals surface area contributed by atoms with Crippen molar-refractivity contribution < 1.29 is 22.7 Å². The molecule has 8 heteroatoms. The van der Waals surface area contributed by atoms with Crippen molar-refractivity contribution in [1.29, 1.82) is 0 Å². The van der Waals surface area contributed by atoms with Crippen molar-refractivity contribution in [3.63, 3.8) is 0 Å². The molecule has 2 aromatic heterocycles. The molecule has 0 aromatic carbocycles. The third-order valence-electron chi connectivity index (χ3n) is 2.39. The summed E-state index contributed by atoms with van der Waals surface area (Å²) in [5.74, 6) is -1.63. The largest absolute Gasteiger partial charge is 0.475 e. The minimum atomic E-state index is -4.00. The van der Waals surface area contributed by atoms with Crippen molar-refractivity contribution in [2.24, 2.45) is 0 Å². The maximum Gasteiger partial charge on any atom is 0.371 e. The highest BCUT2D eigenvalue weighted by molar-refractivity contribution is 7.92. The highest BCUT2D eigenvalue weighted by Crippen LogP contribution is 2.18. The average Bonchev–Trinajstić information content (AvgIpc) is 2.76. The van der Waals surface area contributed by atoms with E-state index in [1.54, 1.807) is 19.1 Å². The summed E-state index contributed by atoms with van der Waals surface area (Å²) >= 11 is 0. The standard InChI is InChI=1S/C12H12N2O5S/c1-7-5-8(2)13-10(6-7)14-20(17,18)11-4-3-9(19-11)12(15)16/h3-6H,1-2H3,(H,13,14)(H,15,16). The third-order valence-corrected chi connectivity index (χ3v) is 3.62. The van der Waals surface area contributed by atoms with E-state index in [4.69, 9.17) is 9.52 Å². The highest BCUT2D eigenvalue weighted by atomic mass is 32.2. The molecule has 0 atom stereocenters. The molecule has 2 N–H and O–H groups in total. The predicted molar refractivity (Wildman–Crippen MR) is 70.2 cm³/mol. The van der Waals surface area contributed by atoms with Gasteiger partial charge in [0.25, 0.3) is 10.0 Å². The fourth-order valence-corrected chi connectivity index (χ4v) is 2.59. The monoisotopic (exact) mass is 296 g/mol. The van der Waals surface area contributed by atoms with Crippen molar-refractivity contribution in [1.82, 2.24) is 4.98 Å². The summed E-state index contributed by atoms with van der Waals surface area (Å²) < 4.78 is 31.1. The zero-order valence-electron chi connectivity index (χ0n) is 10.7. The second kappa shape index (κ2) is 4.97. The summed E-state index contributed by atoms with van der Waals surface area (Å²) in [4.78, 5) is 14.7. The van der Waals surface area contributed by atoms with Gasteiger partial charge in [-0.05, 0) is 43.7 Å². The molecule has 0 amide bonds. The Labute approximate surface area is 115 Å². The zero-order valence-corrected chi connectivity index (χ0v) is 11.6. The van der Waals surface area contributed by atoms with Gasteiger partial charge >= 0.3 is 5.97 Å². The summed E-state index contributed by atoms with van der Waals surface area (Å²) in [6.07, 6.45) is 0. The Morgan fingerprint density at radius 2 is 2.00 bits per heavy atom. The van der Waals surface area contributed by atoms with Crippen molar-refractivity contribution in [3.05, 3.63) is 41.3 Å². The van der Waals surface area contributed by atoms with E-state index in [0.29, 0.717) is 5.69 Å². The van der Waals surface area contributed by atoms with Crippen LogP contribution in [0.1, 0.15) is 21.8 Å². The summed E-state index contributed by atoms with van der Waals surface area (Å²) in [7, 11) is -4.00. The number of nitrogens with zero attached hydrogens (tertiary/aromatic N) is 1. The molecule has 0 spiro atoms. The number of carbonyl (C=O) groups is 1. The van der Waals surface area contributed by atoms with Gasteiger partial charge in [0.05, 0.1) is 0 Å². The van der Waals surface area contributed by atoms with Gasteiger partial charge in [0.2, 0.25) is 10.9 Å². The normalized spacial score (nSPS) is 11.3. The second-order valence-electron chi connectivity index (χ2n) is 4.20. The van der Waals surface area contributed by atoms with Crippen LogP contribution >= 0.6 is 0 Å². The van der Waals surface area contributed by atoms with Crippen LogP contribution in [0, 0.1) is 13.8 Å². The number of hydrogen-bond acceptors (Lipinski definition) is 5. The highest BCUT2D eigenvalue weighted by Gasteiger charge is 2.21. The predicted octanol–water partition coefficient (Wildman–Crippen LogP) is 1.79. The van der Waals surface area contributed by atoms with Crippen LogP contribution in [-0.4, -0.2) is 24.5 Å². The van der Waals surface area contributed by atoms with Crippen LogP contribution in [0.5, 0.6) is 0 Å². The summed E-state index contributed by atoms with van der Waals surface area (Å²) in [5, 5.41) is 8.23. The Balaban J connectivity index is 2.32. The van der Waals surface area contributed by atoms with E-state index in [9.17, 15) is 13.2 Å². The van der Waals surface area contributed by atoms with Crippen LogP contribution in [0.3, 0.4) is 0 Å². The number of hydrogen-bond donors (Lipinski definition) is 2. The minimum absolute atomic E-state index is 0.149. The summed E-state index contributed by atoms with van der Waals surface area (Å²) in [5.41, 5.74) is 1.51. The van der Waals surface area contributed by atoms with Crippen LogP contribution < -0.4 is 4.72 Å². The second-order valence-corrected chi connectivity index (χ2v) is 5.81. The van der Waals surface area contributed by atoms with Crippen molar-refractivity contribution in [2.75, 3.05) is 4.72 Å². The number of carboxylic acid groups (broad SMARTS) is 1. The van der Waals surface area contributed by atoms with Gasteiger partial charge in [-0.15, -0.1) is 0 Å². The van der Waals surface area contributed by atoms with Gasteiger partial charge < -0.3 is 9.52 Å². The summed E-state index contributed by atoms with van der Waals surface area (Å²) in [6, 6.07) is 5.51. The maximum atomic E-state index is 12.0. The Bertz CT molecular complexity index is 744. The lowest BCUT2D eigenvalue weighted by Crippen LogP contribution is -2.13. The van der Waals surface area contributed by atoms with Crippen LogP contribution in [0.4, 0.5) is 5.82 Å². The average molecular weight is 296 g/mol. The molecule has 0 saturated carbocycles. The van der Waals surface area contributed by atoms with E-state index < -0.39 is 26.8 Å². The van der Waals surface area contributed by atoms with Crippen LogP contribution in [0.25, 0.3) is 0 Å². The zero-order chi connectivity index (χ0) is 14.9. The molecule has 0 aliphatic carbocycles. The number of pyridine rings is 1. The molecule has 2 aromatic rings. The summed E-state index contributed by atoms with van der Waals surface area (Å²) in [6.45, 7) is 3.54. The first-order valence-corrected chi connectivity index (χ1v) is 7.07. The van der Waals surface area contributed by atoms with Gasteiger partial charge in [0, 0.05) is 5.69 Å². The molecule has 2 heterocycles. The topological polar surface area (TPSA) is 110 Å². The van der Waals surface area contributed by atoms with Crippen molar-refractivity contribution in [3.8, 4) is 0 Å². The van der Waals surface area contributed by atoms with E-state index in [2.05, 4.69) is 9.71 Å². The number of nitrogens with one attached hydrogen (secondary N) is 1. The van der Waals surface area contributed by atoms with Crippen molar-refractivity contribution in [2.45, 2.75) is 18.9 Å². The fourth-order valence-electron chi connectivity index (χ4n) is 1.66. The lowest BCUT2D eigenvalue weighted by Gasteiger charge is -2.06. The van der Waals surface area contributed by atoms with E-state index in [-0.39, 0.29) is 5.82 Å². The van der Waals surface area contributed by atoms with Crippen LogP contribution in [-0.2, 0) is 10.0 Å². The fraction of sp³-hybridized carbons (Fsp3) is 0.167. The molecule has 2 rings (SSSR count). The number of aromatic nitrogens is 1. The van der Waals surface area contributed by atoms with Crippen molar-refractivity contribution >= 4 is 21.8 Å². The molecular weight excluding hydrogens is 284 g/mol. The quantitative estimate of drug-likeness (QED) is 0.890. The molecule has 0 radical (unpaired) electrons. The number of aromatic carboxylic acids is 1. The first-order chi connectivity index (χ1) is 9.28. The Morgan fingerprint density at radius 3 is 2.55 bits per heavy atom. The molecule has 0 saturated heterocycles. The first-order valence-electron chi connectivity index (χ1n) is 5.59. The molecule has 0 aliphatic heterocycles. The molecule has 106 valence electrons. The van der Waals surface area contributed by atoms with E-state index in [1.807, 2.05) is 6.92 Å². The molecule has 7 nitrogen and oxygen atoms in total. The lowest BCUT2D eigenvalue weighted by molar-refractivity contribution is 0.0656. The van der Waals surface area contributed by atoms with E-state index >= 15 is 0 Å². The molecule has 0 bridgehead atoms. The first kappa shape index (κ1) is 14.1. The number of sulfonamides is 1. The molecule has 20 heavy (non-hydrogen) atoms. The van der Waals surface area contributed by atoms with E-state index in [1.165, 1.54) is 0 Å². The number of rotatable bonds is 4. The van der Waals surface area contributed by atoms with Crippen LogP contribution in [0.2, 0.25) is 0 Å². The molecule has 0 fully saturated rings. The van der Waals surface area contributed by atoms with Gasteiger partial charge in [-0.1, -0.05) is 0 Å². The van der Waals surface area contributed by atoms with E-state index in [0.717, 1.165) is 17.7 Å². The van der Waals surface area contributed by atoms with Gasteiger partial charge in [-0.3, -0.25) is 4.72 Å². The number of carboxylic acids is 1. The lowest BCUT2D eigenvalue weighted by atomic mass is 10.2. The number of furan rings is 1. The molecule has 0 aliphatic rings. The van der Waals surface area contributed by atoms with Gasteiger partial charge in [0.15, 0.2) is 0 Å². The Kier molecular flexibility index (Phi) is 3.49.